The van der Waals surface area contributed by atoms with Crippen LogP contribution in [0.25, 0.3) is 0 Å². The maximum absolute atomic E-state index is 13.8. The molecular formula is C17H26FN3O2. The van der Waals surface area contributed by atoms with Crippen LogP contribution in [0.4, 0.5) is 4.39 Å². The number of aliphatic imine (C=N–C) groups is 1. The molecular weight excluding hydrogens is 297 g/mol. The van der Waals surface area contributed by atoms with E-state index in [1.807, 2.05) is 13.0 Å². The van der Waals surface area contributed by atoms with E-state index in [0.717, 1.165) is 25.0 Å². The Morgan fingerprint density at radius 2 is 2.26 bits per heavy atom. The lowest BCUT2D eigenvalue weighted by Crippen LogP contribution is -2.45. The molecule has 0 aliphatic carbocycles. The first-order valence-electron chi connectivity index (χ1n) is 8.06. The first kappa shape index (κ1) is 17.5. The van der Waals surface area contributed by atoms with E-state index >= 15 is 0 Å². The summed E-state index contributed by atoms with van der Waals surface area (Å²) in [6.07, 6.45) is 2.14. The SMILES string of the molecule is CCOc1ccc(CNC(=NC)NCC2(C)CCCO2)cc1F. The molecule has 1 aromatic carbocycles. The van der Waals surface area contributed by atoms with Crippen molar-refractivity contribution in [1.29, 1.82) is 0 Å². The second kappa shape index (κ2) is 8.15. The van der Waals surface area contributed by atoms with Crippen LogP contribution in [0.15, 0.2) is 23.2 Å². The van der Waals surface area contributed by atoms with E-state index in [4.69, 9.17) is 9.47 Å². The molecule has 1 heterocycles. The van der Waals surface area contributed by atoms with Crippen LogP contribution in [0.3, 0.4) is 0 Å². The molecule has 0 amide bonds. The number of hydrogen-bond acceptors (Lipinski definition) is 3. The summed E-state index contributed by atoms with van der Waals surface area (Å²) in [6.45, 7) is 6.38. The topological polar surface area (TPSA) is 54.9 Å². The first-order chi connectivity index (χ1) is 11.1. The molecule has 2 N–H and O–H groups in total. The lowest BCUT2D eigenvalue weighted by atomic mass is 10.0. The fourth-order valence-corrected chi connectivity index (χ4v) is 2.58. The van der Waals surface area contributed by atoms with E-state index in [2.05, 4.69) is 22.5 Å². The average Bonchev–Trinajstić information content (AvgIpc) is 2.97. The van der Waals surface area contributed by atoms with Crippen LogP contribution in [0, 0.1) is 5.82 Å². The Hall–Kier alpha value is -1.82. The van der Waals surface area contributed by atoms with Gasteiger partial charge in [0.25, 0.3) is 0 Å². The Bertz CT molecular complexity index is 543. The maximum Gasteiger partial charge on any atom is 0.191 e. The van der Waals surface area contributed by atoms with Gasteiger partial charge in [-0.05, 0) is 44.4 Å². The van der Waals surface area contributed by atoms with E-state index in [9.17, 15) is 4.39 Å². The second-order valence-corrected chi connectivity index (χ2v) is 5.88. The lowest BCUT2D eigenvalue weighted by molar-refractivity contribution is 0.0243. The molecule has 5 nitrogen and oxygen atoms in total. The van der Waals surface area contributed by atoms with Crippen molar-refractivity contribution in [3.63, 3.8) is 0 Å². The Morgan fingerprint density at radius 3 is 2.87 bits per heavy atom. The number of guanidine groups is 1. The van der Waals surface area contributed by atoms with Crippen LogP contribution in [0.2, 0.25) is 0 Å². The highest BCUT2D eigenvalue weighted by Gasteiger charge is 2.29. The summed E-state index contributed by atoms with van der Waals surface area (Å²) < 4.78 is 24.8. The third kappa shape index (κ3) is 5.10. The number of halogens is 1. The van der Waals surface area contributed by atoms with Gasteiger partial charge in [0.05, 0.1) is 12.2 Å². The van der Waals surface area contributed by atoms with Gasteiger partial charge in [-0.25, -0.2) is 4.39 Å². The number of nitrogens with one attached hydrogen (secondary N) is 2. The molecule has 1 unspecified atom stereocenters. The first-order valence-corrected chi connectivity index (χ1v) is 8.06. The molecule has 1 aliphatic heterocycles. The van der Waals surface area contributed by atoms with Crippen LogP contribution in [0.1, 0.15) is 32.3 Å². The van der Waals surface area contributed by atoms with Crippen LogP contribution in [0.5, 0.6) is 5.75 Å². The van der Waals surface area contributed by atoms with Gasteiger partial charge in [0.15, 0.2) is 17.5 Å². The van der Waals surface area contributed by atoms with Gasteiger partial charge in [-0.15, -0.1) is 0 Å². The number of rotatable bonds is 6. The van der Waals surface area contributed by atoms with Crippen molar-refractivity contribution in [2.45, 2.75) is 38.8 Å². The zero-order valence-electron chi connectivity index (χ0n) is 14.1. The summed E-state index contributed by atoms with van der Waals surface area (Å²) in [7, 11) is 1.71. The molecule has 0 radical (unpaired) electrons. The van der Waals surface area contributed by atoms with Gasteiger partial charge in [-0.1, -0.05) is 6.07 Å². The predicted molar refractivity (Wildman–Crippen MR) is 89.4 cm³/mol. The molecule has 1 aromatic rings. The second-order valence-electron chi connectivity index (χ2n) is 5.88. The zero-order chi connectivity index (χ0) is 16.7. The summed E-state index contributed by atoms with van der Waals surface area (Å²) in [5.74, 6) is 0.613. The normalized spacial score (nSPS) is 21.3. The fourth-order valence-electron chi connectivity index (χ4n) is 2.58. The molecule has 1 saturated heterocycles. The summed E-state index contributed by atoms with van der Waals surface area (Å²) >= 11 is 0. The van der Waals surface area contributed by atoms with Crippen molar-refractivity contribution in [2.75, 3.05) is 26.8 Å². The van der Waals surface area contributed by atoms with Gasteiger partial charge in [0.2, 0.25) is 0 Å². The highest BCUT2D eigenvalue weighted by atomic mass is 19.1. The van der Waals surface area contributed by atoms with Crippen LogP contribution in [-0.2, 0) is 11.3 Å². The lowest BCUT2D eigenvalue weighted by Gasteiger charge is -2.24. The Kier molecular flexibility index (Phi) is 6.21. The number of nitrogens with zero attached hydrogens (tertiary/aromatic N) is 1. The molecule has 128 valence electrons. The van der Waals surface area contributed by atoms with Crippen molar-refractivity contribution in [1.82, 2.24) is 10.6 Å². The largest absolute Gasteiger partial charge is 0.491 e. The number of hydrogen-bond donors (Lipinski definition) is 2. The number of benzene rings is 1. The van der Waals surface area contributed by atoms with Crippen molar-refractivity contribution in [3.8, 4) is 5.75 Å². The molecule has 0 saturated carbocycles. The minimum Gasteiger partial charge on any atom is -0.491 e. The van der Waals surface area contributed by atoms with E-state index in [1.165, 1.54) is 6.07 Å². The third-order valence-electron chi connectivity index (χ3n) is 3.91. The molecule has 6 heteroatoms. The Morgan fingerprint density at radius 1 is 1.43 bits per heavy atom. The van der Waals surface area contributed by atoms with Crippen molar-refractivity contribution in [3.05, 3.63) is 29.6 Å². The van der Waals surface area contributed by atoms with Crippen LogP contribution in [-0.4, -0.2) is 38.4 Å². The van der Waals surface area contributed by atoms with Crippen molar-refractivity contribution < 1.29 is 13.9 Å². The molecule has 0 aromatic heterocycles. The predicted octanol–water partition coefficient (Wildman–Crippen LogP) is 2.46. The minimum absolute atomic E-state index is 0.136. The van der Waals surface area contributed by atoms with Gasteiger partial charge in [0, 0.05) is 26.7 Å². The zero-order valence-corrected chi connectivity index (χ0v) is 14.1. The van der Waals surface area contributed by atoms with Crippen LogP contribution >= 0.6 is 0 Å². The summed E-state index contributed by atoms with van der Waals surface area (Å²) in [4.78, 5) is 4.19. The minimum atomic E-state index is -0.346. The van der Waals surface area contributed by atoms with Gasteiger partial charge in [0.1, 0.15) is 0 Å². The monoisotopic (exact) mass is 323 g/mol. The molecule has 0 spiro atoms. The van der Waals surface area contributed by atoms with Gasteiger partial charge in [-0.2, -0.15) is 0 Å². The van der Waals surface area contributed by atoms with Crippen molar-refractivity contribution >= 4 is 5.96 Å². The smallest absolute Gasteiger partial charge is 0.191 e. The summed E-state index contributed by atoms with van der Waals surface area (Å²) in [5, 5.41) is 6.45. The van der Waals surface area contributed by atoms with E-state index in [-0.39, 0.29) is 17.2 Å². The van der Waals surface area contributed by atoms with E-state index in [1.54, 1.807) is 13.1 Å². The average molecular weight is 323 g/mol. The highest BCUT2D eigenvalue weighted by molar-refractivity contribution is 5.79. The van der Waals surface area contributed by atoms with Gasteiger partial charge < -0.3 is 20.1 Å². The standard InChI is InChI=1S/C17H26FN3O2/c1-4-22-15-7-6-13(10-14(15)18)11-20-16(19-3)21-12-17(2)8-5-9-23-17/h6-7,10H,4-5,8-9,11-12H2,1-3H3,(H2,19,20,21). The van der Waals surface area contributed by atoms with E-state index < -0.39 is 0 Å². The molecule has 23 heavy (non-hydrogen) atoms. The fraction of sp³-hybridized carbons (Fsp3) is 0.588. The third-order valence-corrected chi connectivity index (χ3v) is 3.91. The van der Waals surface area contributed by atoms with Crippen molar-refractivity contribution in [2.24, 2.45) is 4.99 Å². The Labute approximate surface area is 137 Å². The number of ether oxygens (including phenoxy) is 2. The molecule has 1 aliphatic rings. The van der Waals surface area contributed by atoms with E-state index in [0.29, 0.717) is 25.7 Å². The summed E-state index contributed by atoms with van der Waals surface area (Å²) in [5.41, 5.74) is 0.695. The van der Waals surface area contributed by atoms with Gasteiger partial charge >= 0.3 is 0 Å². The molecule has 2 rings (SSSR count). The molecule has 0 bridgehead atoms. The summed E-state index contributed by atoms with van der Waals surface area (Å²) in [6, 6.07) is 4.97. The Balaban J connectivity index is 1.84. The highest BCUT2D eigenvalue weighted by Crippen LogP contribution is 2.23. The molecule has 1 atom stereocenters. The quantitative estimate of drug-likeness (QED) is 0.624. The molecule has 1 fully saturated rings. The van der Waals surface area contributed by atoms with Crippen LogP contribution < -0.4 is 15.4 Å². The maximum atomic E-state index is 13.8. The van der Waals surface area contributed by atoms with Gasteiger partial charge in [-0.3, -0.25) is 4.99 Å².